The molecule has 0 radical (unpaired) electrons. The maximum absolute atomic E-state index is 14.3. The number of imidazole rings is 1. The number of nitrogens with two attached hydrogens (primary N) is 2. The summed E-state index contributed by atoms with van der Waals surface area (Å²) in [4.78, 5) is 8.67. The zero-order valence-corrected chi connectivity index (χ0v) is 14.5. The van der Waals surface area contributed by atoms with Crippen LogP contribution in [0.5, 0.6) is 0 Å². The minimum absolute atomic E-state index is 0.0800. The van der Waals surface area contributed by atoms with Crippen molar-refractivity contribution in [3.8, 4) is 11.4 Å². The van der Waals surface area contributed by atoms with Gasteiger partial charge in [-0.2, -0.15) is 4.52 Å². The first-order valence-corrected chi connectivity index (χ1v) is 8.67. The highest BCUT2D eigenvalue weighted by atomic mass is 35.5. The largest absolute Gasteiger partial charge is 0.328 e. The molecule has 26 heavy (non-hydrogen) atoms. The van der Waals surface area contributed by atoms with Gasteiger partial charge in [-0.25, -0.2) is 18.7 Å². The summed E-state index contributed by atoms with van der Waals surface area (Å²) in [5.74, 6) is -1.64. The van der Waals surface area contributed by atoms with E-state index in [1.54, 1.807) is 0 Å². The van der Waals surface area contributed by atoms with E-state index in [9.17, 15) is 8.78 Å². The normalized spacial score (nSPS) is 23.5. The van der Waals surface area contributed by atoms with Gasteiger partial charge in [0, 0.05) is 6.04 Å². The maximum Gasteiger partial charge on any atom is 0.186 e. The van der Waals surface area contributed by atoms with Gasteiger partial charge < -0.3 is 11.5 Å². The molecular weight excluding hydrogens is 362 g/mol. The van der Waals surface area contributed by atoms with E-state index in [4.69, 9.17) is 23.1 Å². The molecule has 6 nitrogen and oxygen atoms in total. The fourth-order valence-corrected chi connectivity index (χ4v) is 3.56. The first-order valence-electron chi connectivity index (χ1n) is 8.30. The lowest BCUT2D eigenvalue weighted by Gasteiger charge is -2.35. The van der Waals surface area contributed by atoms with Gasteiger partial charge in [-0.05, 0) is 37.8 Å². The molecule has 1 saturated carbocycles. The number of nitrogens with zero attached hydrogens (tertiary/aromatic N) is 4. The molecule has 4 N–H and O–H groups in total. The lowest BCUT2D eigenvalue weighted by molar-refractivity contribution is 0.272. The van der Waals surface area contributed by atoms with Gasteiger partial charge in [0.1, 0.15) is 17.3 Å². The molecule has 1 aliphatic carbocycles. The number of benzene rings is 1. The second-order valence-electron chi connectivity index (χ2n) is 6.69. The smallest absolute Gasteiger partial charge is 0.186 e. The third-order valence-corrected chi connectivity index (χ3v) is 5.16. The monoisotopic (exact) mass is 378 g/mol. The second kappa shape index (κ2) is 6.22. The highest BCUT2D eigenvalue weighted by Gasteiger charge is 2.37. The van der Waals surface area contributed by atoms with E-state index in [1.807, 2.05) is 0 Å². The molecule has 0 atom stereocenters. The minimum atomic E-state index is -0.814. The van der Waals surface area contributed by atoms with E-state index >= 15 is 0 Å². The molecule has 1 fully saturated rings. The van der Waals surface area contributed by atoms with Gasteiger partial charge in [-0.15, -0.1) is 5.10 Å². The Bertz CT molecular complexity index is 961. The van der Waals surface area contributed by atoms with Crippen LogP contribution in [0.1, 0.15) is 31.4 Å². The summed E-state index contributed by atoms with van der Waals surface area (Å²) < 4.78 is 29.8. The Labute approximate surface area is 153 Å². The molecule has 4 rings (SSSR count). The molecule has 0 bridgehead atoms. The lowest BCUT2D eigenvalue weighted by Crippen LogP contribution is -2.44. The molecule has 9 heteroatoms. The van der Waals surface area contributed by atoms with Crippen LogP contribution in [0, 0.1) is 11.6 Å². The first-order chi connectivity index (χ1) is 12.4. The Morgan fingerprint density at radius 2 is 1.85 bits per heavy atom. The van der Waals surface area contributed by atoms with Crippen LogP contribution < -0.4 is 11.5 Å². The molecule has 0 spiro atoms. The second-order valence-corrected chi connectivity index (χ2v) is 7.08. The molecule has 136 valence electrons. The van der Waals surface area contributed by atoms with E-state index < -0.39 is 17.2 Å². The highest BCUT2D eigenvalue weighted by Crippen LogP contribution is 2.36. The summed E-state index contributed by atoms with van der Waals surface area (Å²) in [6.07, 6.45) is 4.04. The Balaban J connectivity index is 1.96. The standard InChI is InChI=1S/C17H17ClF2N6/c18-12-8-23-16-14(17(22)6-4-9(21)5-7-17)24-15(25-26(12)16)13-10(19)2-1-3-11(13)20/h1-3,8-9H,4-7,21-22H2. The summed E-state index contributed by atoms with van der Waals surface area (Å²) in [6, 6.07) is 3.67. The van der Waals surface area contributed by atoms with Gasteiger partial charge in [0.25, 0.3) is 0 Å². The molecule has 1 aliphatic rings. The van der Waals surface area contributed by atoms with Crippen molar-refractivity contribution in [2.75, 3.05) is 0 Å². The molecule has 0 amide bonds. The van der Waals surface area contributed by atoms with Crippen LogP contribution in [-0.4, -0.2) is 25.6 Å². The minimum Gasteiger partial charge on any atom is -0.328 e. The van der Waals surface area contributed by atoms with E-state index in [1.165, 1.54) is 16.8 Å². The van der Waals surface area contributed by atoms with Crippen LogP contribution in [-0.2, 0) is 5.54 Å². The number of rotatable bonds is 2. The van der Waals surface area contributed by atoms with Crippen molar-refractivity contribution < 1.29 is 8.78 Å². The third kappa shape index (κ3) is 2.74. The van der Waals surface area contributed by atoms with Gasteiger partial charge >= 0.3 is 0 Å². The first kappa shape index (κ1) is 17.3. The Morgan fingerprint density at radius 1 is 1.19 bits per heavy atom. The fourth-order valence-electron chi connectivity index (χ4n) is 3.40. The molecule has 3 aromatic rings. The zero-order valence-electron chi connectivity index (χ0n) is 13.8. The average molecular weight is 379 g/mol. The molecule has 1 aromatic carbocycles. The number of fused-ring (bicyclic) bond motifs is 1. The van der Waals surface area contributed by atoms with Crippen molar-refractivity contribution >= 4 is 17.2 Å². The SMILES string of the molecule is NC1CCC(N)(c2nc(-c3c(F)cccc3F)nn3c(Cl)cnc23)CC1. The van der Waals surface area contributed by atoms with Crippen molar-refractivity contribution in [3.63, 3.8) is 0 Å². The van der Waals surface area contributed by atoms with E-state index in [2.05, 4.69) is 15.1 Å². The summed E-state index contributed by atoms with van der Waals surface area (Å²) in [5.41, 5.74) is 12.3. The van der Waals surface area contributed by atoms with Crippen LogP contribution in [0.25, 0.3) is 17.0 Å². The van der Waals surface area contributed by atoms with Gasteiger partial charge in [-0.1, -0.05) is 17.7 Å². The van der Waals surface area contributed by atoms with Gasteiger partial charge in [-0.3, -0.25) is 0 Å². The number of hydrogen-bond acceptors (Lipinski definition) is 5. The molecule has 0 aliphatic heterocycles. The van der Waals surface area contributed by atoms with Crippen molar-refractivity contribution in [2.45, 2.75) is 37.3 Å². The van der Waals surface area contributed by atoms with Crippen LogP contribution in [0.15, 0.2) is 24.4 Å². The molecule has 0 saturated heterocycles. The van der Waals surface area contributed by atoms with Crippen LogP contribution in [0.2, 0.25) is 5.15 Å². The van der Waals surface area contributed by atoms with Crippen LogP contribution in [0.4, 0.5) is 8.78 Å². The number of aromatic nitrogens is 4. The summed E-state index contributed by atoms with van der Waals surface area (Å²) in [6.45, 7) is 0. The van der Waals surface area contributed by atoms with Gasteiger partial charge in [0.15, 0.2) is 16.6 Å². The quantitative estimate of drug-likeness (QED) is 0.715. The topological polar surface area (TPSA) is 95.1 Å². The van der Waals surface area contributed by atoms with E-state index in [-0.39, 0.29) is 22.6 Å². The summed E-state index contributed by atoms with van der Waals surface area (Å²) in [7, 11) is 0. The Morgan fingerprint density at radius 3 is 2.50 bits per heavy atom. The van der Waals surface area contributed by atoms with Gasteiger partial charge in [0.2, 0.25) is 0 Å². The molecular formula is C17H17ClF2N6. The van der Waals surface area contributed by atoms with E-state index in [0.717, 1.165) is 25.0 Å². The van der Waals surface area contributed by atoms with Crippen molar-refractivity contribution in [1.29, 1.82) is 0 Å². The van der Waals surface area contributed by atoms with Crippen molar-refractivity contribution in [1.82, 2.24) is 19.6 Å². The number of hydrogen-bond donors (Lipinski definition) is 2. The van der Waals surface area contributed by atoms with Crippen molar-refractivity contribution in [2.24, 2.45) is 11.5 Å². The maximum atomic E-state index is 14.3. The van der Waals surface area contributed by atoms with E-state index in [0.29, 0.717) is 24.2 Å². The fraction of sp³-hybridized carbons (Fsp3) is 0.353. The van der Waals surface area contributed by atoms with Gasteiger partial charge in [0.05, 0.1) is 17.3 Å². The molecule has 2 heterocycles. The summed E-state index contributed by atoms with van der Waals surface area (Å²) in [5, 5.41) is 4.39. The Hall–Kier alpha value is -2.16. The predicted octanol–water partition coefficient (Wildman–Crippen LogP) is 2.78. The average Bonchev–Trinajstić information content (AvgIpc) is 2.98. The zero-order chi connectivity index (χ0) is 18.5. The summed E-state index contributed by atoms with van der Waals surface area (Å²) >= 11 is 6.15. The third-order valence-electron chi connectivity index (χ3n) is 4.90. The lowest BCUT2D eigenvalue weighted by atomic mass is 9.78. The number of halogens is 3. The van der Waals surface area contributed by atoms with Crippen LogP contribution in [0.3, 0.4) is 0 Å². The van der Waals surface area contributed by atoms with Crippen LogP contribution >= 0.6 is 11.6 Å². The molecule has 2 aromatic heterocycles. The molecule has 0 unspecified atom stereocenters. The van der Waals surface area contributed by atoms with Crippen molar-refractivity contribution in [3.05, 3.63) is 46.9 Å². The predicted molar refractivity (Wildman–Crippen MR) is 93.5 cm³/mol. The highest BCUT2D eigenvalue weighted by molar-refractivity contribution is 6.29. The Kier molecular flexibility index (Phi) is 4.13.